The lowest BCUT2D eigenvalue weighted by molar-refractivity contribution is 0.414. The Kier molecular flexibility index (Phi) is 2.25. The smallest absolute Gasteiger partial charge is 0.177 e. The maximum absolute atomic E-state index is 5.85. The highest BCUT2D eigenvalue weighted by Gasteiger charge is 2.12. The molecule has 2 aromatic heterocycles. The van der Waals surface area contributed by atoms with Crippen LogP contribution >= 0.6 is 23.2 Å². The molecule has 0 radical (unpaired) electrons. The zero-order valence-electron chi connectivity index (χ0n) is 7.58. The zero-order valence-corrected chi connectivity index (χ0v) is 9.10. The van der Waals surface area contributed by atoms with Crippen LogP contribution in [0, 0.1) is 0 Å². The van der Waals surface area contributed by atoms with Crippen molar-refractivity contribution in [2.75, 3.05) is 7.11 Å². The molecule has 0 aliphatic heterocycles. The predicted octanol–water partition coefficient (Wildman–Crippen LogP) is 2.28. The molecule has 2 aromatic rings. The fraction of sp³-hybridized carbons (Fsp3) is 0.250. The van der Waals surface area contributed by atoms with Gasteiger partial charge in [0.25, 0.3) is 0 Å². The minimum absolute atomic E-state index is 0.287. The third kappa shape index (κ3) is 1.31. The minimum Gasteiger partial charge on any atom is -0.493 e. The predicted molar refractivity (Wildman–Crippen MR) is 55.1 cm³/mol. The van der Waals surface area contributed by atoms with Crippen molar-refractivity contribution < 1.29 is 4.74 Å². The molecule has 74 valence electrons. The number of rotatable bonds is 1. The van der Waals surface area contributed by atoms with Gasteiger partial charge in [-0.3, -0.25) is 4.68 Å². The Hall–Kier alpha value is -1.00. The van der Waals surface area contributed by atoms with E-state index >= 15 is 0 Å². The highest BCUT2D eigenvalue weighted by Crippen LogP contribution is 2.29. The van der Waals surface area contributed by atoms with E-state index in [1.165, 1.54) is 7.11 Å². The molecular formula is C8H7Cl2N3O. The van der Waals surface area contributed by atoms with Gasteiger partial charge in [0.15, 0.2) is 16.1 Å². The van der Waals surface area contributed by atoms with E-state index in [9.17, 15) is 0 Å². The van der Waals surface area contributed by atoms with Crippen LogP contribution in [0.3, 0.4) is 0 Å². The molecule has 2 rings (SSSR count). The van der Waals surface area contributed by atoms with Crippen molar-refractivity contribution in [3.05, 3.63) is 16.4 Å². The van der Waals surface area contributed by atoms with Crippen molar-refractivity contribution in [3.8, 4) is 5.75 Å². The molecule has 14 heavy (non-hydrogen) atoms. The van der Waals surface area contributed by atoms with Crippen molar-refractivity contribution in [2.45, 2.75) is 0 Å². The lowest BCUT2D eigenvalue weighted by Crippen LogP contribution is -1.91. The molecule has 0 N–H and O–H groups in total. The van der Waals surface area contributed by atoms with E-state index in [1.807, 2.05) is 0 Å². The fourth-order valence-corrected chi connectivity index (χ4v) is 1.71. The average molecular weight is 232 g/mol. The van der Waals surface area contributed by atoms with Gasteiger partial charge < -0.3 is 4.74 Å². The second-order valence-electron chi connectivity index (χ2n) is 2.76. The molecule has 0 fully saturated rings. The van der Waals surface area contributed by atoms with Crippen LogP contribution in [0.1, 0.15) is 0 Å². The van der Waals surface area contributed by atoms with Gasteiger partial charge in [-0.05, 0) is 0 Å². The van der Waals surface area contributed by atoms with Gasteiger partial charge in [0.2, 0.25) is 0 Å². The summed E-state index contributed by atoms with van der Waals surface area (Å²) >= 11 is 11.7. The lowest BCUT2D eigenvalue weighted by atomic mass is 10.4. The third-order valence-corrected chi connectivity index (χ3v) is 2.45. The third-order valence-electron chi connectivity index (χ3n) is 1.93. The Morgan fingerprint density at radius 3 is 2.71 bits per heavy atom. The van der Waals surface area contributed by atoms with Crippen LogP contribution < -0.4 is 4.74 Å². The molecule has 0 aliphatic carbocycles. The van der Waals surface area contributed by atoms with Crippen molar-refractivity contribution in [2.24, 2.45) is 7.05 Å². The number of ether oxygens (including phenoxy) is 1. The van der Waals surface area contributed by atoms with Gasteiger partial charge in [-0.1, -0.05) is 23.2 Å². The van der Waals surface area contributed by atoms with Crippen LogP contribution in [0.4, 0.5) is 0 Å². The molecule has 0 bridgehead atoms. The highest BCUT2D eigenvalue weighted by atomic mass is 35.5. The minimum atomic E-state index is 0.287. The summed E-state index contributed by atoms with van der Waals surface area (Å²) < 4.78 is 6.67. The zero-order chi connectivity index (χ0) is 10.3. The molecule has 0 spiro atoms. The molecule has 4 nitrogen and oxygen atoms in total. The normalized spacial score (nSPS) is 10.9. The molecule has 0 aromatic carbocycles. The largest absolute Gasteiger partial charge is 0.493 e. The van der Waals surface area contributed by atoms with Gasteiger partial charge in [-0.15, -0.1) is 0 Å². The number of pyridine rings is 1. The van der Waals surface area contributed by atoms with E-state index < -0.39 is 0 Å². The summed E-state index contributed by atoms with van der Waals surface area (Å²) in [7, 11) is 3.32. The first-order chi connectivity index (χ1) is 6.63. The van der Waals surface area contributed by atoms with Gasteiger partial charge in [0.1, 0.15) is 5.52 Å². The van der Waals surface area contributed by atoms with Crippen LogP contribution in [0.2, 0.25) is 10.3 Å². The highest BCUT2D eigenvalue weighted by molar-refractivity contribution is 6.35. The molecule has 2 heterocycles. The van der Waals surface area contributed by atoms with Crippen molar-refractivity contribution in [1.82, 2.24) is 14.8 Å². The van der Waals surface area contributed by atoms with Crippen LogP contribution in [0.5, 0.6) is 5.75 Å². The maximum atomic E-state index is 5.85. The Morgan fingerprint density at radius 1 is 1.36 bits per heavy atom. The van der Waals surface area contributed by atoms with Crippen molar-refractivity contribution in [1.29, 1.82) is 0 Å². The average Bonchev–Trinajstić information content (AvgIpc) is 2.41. The van der Waals surface area contributed by atoms with Crippen molar-refractivity contribution >= 4 is 34.2 Å². The topological polar surface area (TPSA) is 39.9 Å². The molecule has 0 aliphatic rings. The van der Waals surface area contributed by atoms with Gasteiger partial charge in [0.05, 0.1) is 12.6 Å². The van der Waals surface area contributed by atoms with E-state index in [1.54, 1.807) is 17.8 Å². The number of fused-ring (bicyclic) bond motifs is 1. The Balaban J connectivity index is 2.82. The standard InChI is InChI=1S/C8H7Cl2N3O/c1-13-4-3-5(14-2)7(9)11-6(4)8(10)12-13/h3H,1-2H3. The number of aromatic nitrogens is 3. The van der Waals surface area contributed by atoms with Gasteiger partial charge in [-0.2, -0.15) is 5.10 Å². The molecule has 0 atom stereocenters. The molecular weight excluding hydrogens is 225 g/mol. The Labute approximate surface area is 90.4 Å². The number of methoxy groups -OCH3 is 1. The van der Waals surface area contributed by atoms with E-state index in [4.69, 9.17) is 27.9 Å². The summed E-state index contributed by atoms with van der Waals surface area (Å²) in [6, 6.07) is 1.75. The van der Waals surface area contributed by atoms with Crippen LogP contribution in [-0.4, -0.2) is 21.9 Å². The summed E-state index contributed by atoms with van der Waals surface area (Å²) in [6.07, 6.45) is 0. The number of hydrogen-bond donors (Lipinski definition) is 0. The Bertz CT molecular complexity index is 495. The maximum Gasteiger partial charge on any atom is 0.177 e. The second-order valence-corrected chi connectivity index (χ2v) is 3.48. The molecule has 6 heteroatoms. The first-order valence-electron chi connectivity index (χ1n) is 3.86. The summed E-state index contributed by atoms with van der Waals surface area (Å²) in [4.78, 5) is 4.09. The van der Waals surface area contributed by atoms with Gasteiger partial charge in [0, 0.05) is 13.1 Å². The number of halogens is 2. The summed E-state index contributed by atoms with van der Waals surface area (Å²) in [5, 5.41) is 4.64. The molecule has 0 unspecified atom stereocenters. The van der Waals surface area contributed by atoms with E-state index in [-0.39, 0.29) is 5.15 Å². The quantitative estimate of drug-likeness (QED) is 0.708. The van der Waals surface area contributed by atoms with Crippen LogP contribution in [-0.2, 0) is 7.05 Å². The Morgan fingerprint density at radius 2 is 2.07 bits per heavy atom. The first kappa shape index (κ1) is 9.55. The molecule has 0 saturated heterocycles. The van der Waals surface area contributed by atoms with Gasteiger partial charge in [-0.25, -0.2) is 4.98 Å². The molecule has 0 saturated carbocycles. The van der Waals surface area contributed by atoms with E-state index in [0.717, 1.165) is 5.52 Å². The number of nitrogens with zero attached hydrogens (tertiary/aromatic N) is 3. The SMILES string of the molecule is COc1cc2c(nc1Cl)c(Cl)nn2C. The summed E-state index contributed by atoms with van der Waals surface area (Å²) in [6.45, 7) is 0. The van der Waals surface area contributed by atoms with Crippen LogP contribution in [0.15, 0.2) is 6.07 Å². The van der Waals surface area contributed by atoms with E-state index in [0.29, 0.717) is 16.4 Å². The summed E-state index contributed by atoms with van der Waals surface area (Å²) in [5.41, 5.74) is 1.37. The van der Waals surface area contributed by atoms with E-state index in [2.05, 4.69) is 10.1 Å². The van der Waals surface area contributed by atoms with Crippen molar-refractivity contribution in [3.63, 3.8) is 0 Å². The van der Waals surface area contributed by atoms with Crippen LogP contribution in [0.25, 0.3) is 11.0 Å². The number of hydrogen-bond acceptors (Lipinski definition) is 3. The fourth-order valence-electron chi connectivity index (χ4n) is 1.24. The summed E-state index contributed by atoms with van der Waals surface area (Å²) in [5.74, 6) is 0.513. The number of aryl methyl sites for hydroxylation is 1. The first-order valence-corrected chi connectivity index (χ1v) is 4.62. The lowest BCUT2D eigenvalue weighted by Gasteiger charge is -2.01. The van der Waals surface area contributed by atoms with Gasteiger partial charge >= 0.3 is 0 Å². The molecule has 0 amide bonds. The second kappa shape index (κ2) is 3.29. The monoisotopic (exact) mass is 231 g/mol.